The number of pyridine rings is 1. The first-order chi connectivity index (χ1) is 36.5. The number of aryl methyl sites for hydroxylation is 2. The summed E-state index contributed by atoms with van der Waals surface area (Å²) in [5.41, 5.74) is 25.3. The standard InChI is InChI=1S/C70H55N5/c1-44-39-48(28-34-54(44)55-37-33-53(40-45(55)2)75(52-31-26-46(27-32-52)51-19-16-38-71-43-51)65-25-15-12-20-56(65)47-17-8-7-9-18-47)66-72-67(49-29-35-59-57-21-10-13-23-61(57)69(3,4)63(59)41-49)74-68(73-66)50-30-36-60-58-22-11-14-24-62(58)70(5,6)64(60)42-50/h7-43H,1-6H3. The molecular weight excluding hydrogens is 911 g/mol. The second kappa shape index (κ2) is 17.9. The van der Waals surface area contributed by atoms with Gasteiger partial charge in [-0.1, -0.05) is 185 Å². The molecule has 0 unspecified atom stereocenters. The van der Waals surface area contributed by atoms with Crippen molar-refractivity contribution in [1.29, 1.82) is 0 Å². The van der Waals surface area contributed by atoms with E-state index in [9.17, 15) is 0 Å². The van der Waals surface area contributed by atoms with Crippen LogP contribution in [0.1, 0.15) is 61.1 Å². The van der Waals surface area contributed by atoms with Crippen LogP contribution in [0.25, 0.3) is 89.8 Å². The van der Waals surface area contributed by atoms with Gasteiger partial charge in [-0.3, -0.25) is 4.98 Å². The van der Waals surface area contributed by atoms with Gasteiger partial charge in [-0.05, 0) is 152 Å². The predicted octanol–water partition coefficient (Wildman–Crippen LogP) is 18.0. The number of hydrogen-bond donors (Lipinski definition) is 0. The molecule has 5 nitrogen and oxygen atoms in total. The quantitative estimate of drug-likeness (QED) is 0.144. The maximum atomic E-state index is 5.33. The fourth-order valence-electron chi connectivity index (χ4n) is 11.9. The first-order valence-electron chi connectivity index (χ1n) is 25.9. The zero-order valence-corrected chi connectivity index (χ0v) is 43.1. The average Bonchev–Trinajstić information content (AvgIpc) is 3.83. The van der Waals surface area contributed by atoms with Crippen molar-refractivity contribution in [2.45, 2.75) is 52.4 Å². The van der Waals surface area contributed by atoms with Gasteiger partial charge in [0.05, 0.1) is 5.69 Å². The van der Waals surface area contributed by atoms with Gasteiger partial charge in [-0.2, -0.15) is 0 Å². The van der Waals surface area contributed by atoms with Gasteiger partial charge in [0.2, 0.25) is 0 Å². The van der Waals surface area contributed by atoms with Gasteiger partial charge in [-0.25, -0.2) is 15.0 Å². The van der Waals surface area contributed by atoms with Crippen molar-refractivity contribution in [3.8, 4) is 89.8 Å². The van der Waals surface area contributed by atoms with E-state index in [-0.39, 0.29) is 10.8 Å². The van der Waals surface area contributed by atoms with Gasteiger partial charge in [0, 0.05) is 56.9 Å². The van der Waals surface area contributed by atoms with Crippen molar-refractivity contribution in [1.82, 2.24) is 19.9 Å². The van der Waals surface area contributed by atoms with E-state index >= 15 is 0 Å². The Kier molecular flexibility index (Phi) is 10.9. The molecule has 2 aliphatic rings. The van der Waals surface area contributed by atoms with Gasteiger partial charge in [0.25, 0.3) is 0 Å². The Balaban J connectivity index is 0.895. The minimum atomic E-state index is -0.165. The van der Waals surface area contributed by atoms with E-state index < -0.39 is 0 Å². The Labute approximate surface area is 440 Å². The highest BCUT2D eigenvalue weighted by Crippen LogP contribution is 2.51. The van der Waals surface area contributed by atoms with E-state index in [0.717, 1.165) is 67.1 Å². The Morgan fingerprint density at radius 3 is 1.31 bits per heavy atom. The van der Waals surface area contributed by atoms with Crippen LogP contribution in [0.3, 0.4) is 0 Å². The third-order valence-corrected chi connectivity index (χ3v) is 15.9. The van der Waals surface area contributed by atoms with E-state index in [0.29, 0.717) is 17.5 Å². The van der Waals surface area contributed by atoms with Crippen LogP contribution in [0, 0.1) is 13.8 Å². The van der Waals surface area contributed by atoms with Gasteiger partial charge in [0.1, 0.15) is 0 Å². The molecule has 2 aromatic heterocycles. The number of rotatable bonds is 9. The summed E-state index contributed by atoms with van der Waals surface area (Å²) in [5.74, 6) is 1.96. The molecule has 2 heterocycles. The Bertz CT molecular complexity index is 3900. The molecule has 11 aromatic rings. The molecule has 0 saturated heterocycles. The molecule has 0 bridgehead atoms. The molecule has 0 spiro atoms. The SMILES string of the molecule is Cc1cc(-c2nc(-c3ccc4c(c3)C(C)(C)c3ccccc3-4)nc(-c3ccc4c(c3)C(C)(C)c3ccccc3-4)n2)ccc1-c1ccc(N(c2ccc(-c3cccnc3)cc2)c2ccccc2-c2ccccc2)cc1C. The third kappa shape index (κ3) is 7.77. The number of hydrogen-bond acceptors (Lipinski definition) is 5. The van der Waals surface area contributed by atoms with E-state index in [2.05, 4.69) is 258 Å². The highest BCUT2D eigenvalue weighted by Gasteiger charge is 2.37. The molecule has 5 heteroatoms. The number of nitrogens with zero attached hydrogens (tertiary/aromatic N) is 5. The lowest BCUT2D eigenvalue weighted by Gasteiger charge is -2.29. The van der Waals surface area contributed by atoms with Crippen LogP contribution in [0.2, 0.25) is 0 Å². The zero-order chi connectivity index (χ0) is 51.0. The molecule has 360 valence electrons. The molecule has 0 radical (unpaired) electrons. The molecule has 2 aliphatic carbocycles. The maximum Gasteiger partial charge on any atom is 0.164 e. The van der Waals surface area contributed by atoms with E-state index in [1.54, 1.807) is 0 Å². The van der Waals surface area contributed by atoms with Gasteiger partial charge < -0.3 is 4.90 Å². The van der Waals surface area contributed by atoms with Crippen molar-refractivity contribution in [2.24, 2.45) is 0 Å². The molecular formula is C70H55N5. The number of aromatic nitrogens is 4. The van der Waals surface area contributed by atoms with Crippen LogP contribution >= 0.6 is 0 Å². The monoisotopic (exact) mass is 965 g/mol. The lowest BCUT2D eigenvalue weighted by Crippen LogP contribution is -2.15. The first kappa shape index (κ1) is 45.8. The minimum Gasteiger partial charge on any atom is -0.310 e. The zero-order valence-electron chi connectivity index (χ0n) is 43.1. The smallest absolute Gasteiger partial charge is 0.164 e. The van der Waals surface area contributed by atoms with Crippen molar-refractivity contribution in [3.63, 3.8) is 0 Å². The number of anilines is 3. The van der Waals surface area contributed by atoms with E-state index in [4.69, 9.17) is 15.0 Å². The van der Waals surface area contributed by atoms with Crippen LogP contribution in [0.5, 0.6) is 0 Å². The summed E-state index contributed by atoms with van der Waals surface area (Å²) in [5, 5.41) is 0. The Hall–Kier alpha value is -9.06. The van der Waals surface area contributed by atoms with Crippen LogP contribution in [0.15, 0.2) is 225 Å². The topological polar surface area (TPSA) is 54.8 Å². The highest BCUT2D eigenvalue weighted by atomic mass is 15.1. The summed E-state index contributed by atoms with van der Waals surface area (Å²) >= 11 is 0. The molecule has 0 fully saturated rings. The van der Waals surface area contributed by atoms with Gasteiger partial charge in [0.15, 0.2) is 17.5 Å². The lowest BCUT2D eigenvalue weighted by molar-refractivity contribution is 0.660. The third-order valence-electron chi connectivity index (χ3n) is 15.9. The highest BCUT2D eigenvalue weighted by molar-refractivity contribution is 5.90. The Morgan fingerprint density at radius 2 is 0.760 bits per heavy atom. The fourth-order valence-corrected chi connectivity index (χ4v) is 11.9. The molecule has 0 saturated carbocycles. The van der Waals surface area contributed by atoms with E-state index in [1.807, 2.05) is 18.5 Å². The summed E-state index contributed by atoms with van der Waals surface area (Å²) < 4.78 is 0. The minimum absolute atomic E-state index is 0.165. The van der Waals surface area contributed by atoms with Crippen LogP contribution < -0.4 is 4.90 Å². The van der Waals surface area contributed by atoms with Gasteiger partial charge >= 0.3 is 0 Å². The summed E-state index contributed by atoms with van der Waals surface area (Å²) in [6.45, 7) is 13.7. The van der Waals surface area contributed by atoms with E-state index in [1.165, 1.54) is 55.6 Å². The van der Waals surface area contributed by atoms with Crippen molar-refractivity contribution < 1.29 is 0 Å². The summed E-state index contributed by atoms with van der Waals surface area (Å²) in [6.07, 6.45) is 3.73. The van der Waals surface area contributed by atoms with Crippen LogP contribution in [-0.4, -0.2) is 19.9 Å². The van der Waals surface area contributed by atoms with Crippen molar-refractivity contribution in [2.75, 3.05) is 4.90 Å². The molecule has 0 amide bonds. The first-order valence-corrected chi connectivity index (χ1v) is 25.9. The summed E-state index contributed by atoms with van der Waals surface area (Å²) in [7, 11) is 0. The molecule has 0 aliphatic heterocycles. The molecule has 0 N–H and O–H groups in total. The largest absolute Gasteiger partial charge is 0.310 e. The van der Waals surface area contributed by atoms with Crippen molar-refractivity contribution >= 4 is 17.1 Å². The van der Waals surface area contributed by atoms with Crippen LogP contribution in [0.4, 0.5) is 17.1 Å². The summed E-state index contributed by atoms with van der Waals surface area (Å²) in [4.78, 5) is 22.7. The van der Waals surface area contributed by atoms with Crippen molar-refractivity contribution in [3.05, 3.63) is 258 Å². The number of benzene rings is 9. The number of para-hydroxylation sites is 1. The van der Waals surface area contributed by atoms with Crippen LogP contribution in [-0.2, 0) is 10.8 Å². The van der Waals surface area contributed by atoms with Gasteiger partial charge in [-0.15, -0.1) is 0 Å². The molecule has 13 rings (SSSR count). The molecule has 9 aromatic carbocycles. The molecule has 0 atom stereocenters. The maximum absolute atomic E-state index is 5.33. The summed E-state index contributed by atoms with van der Waals surface area (Å²) in [6, 6.07) is 76.7. The second-order valence-corrected chi connectivity index (χ2v) is 21.2. The predicted molar refractivity (Wildman–Crippen MR) is 310 cm³/mol. The average molecular weight is 966 g/mol. The number of fused-ring (bicyclic) bond motifs is 6. The Morgan fingerprint density at radius 1 is 0.320 bits per heavy atom. The normalized spacial score (nSPS) is 13.4. The second-order valence-electron chi connectivity index (χ2n) is 21.2. The molecule has 75 heavy (non-hydrogen) atoms. The lowest BCUT2D eigenvalue weighted by atomic mass is 9.82. The fraction of sp³-hybridized carbons (Fsp3) is 0.114.